The molecule has 0 spiro atoms. The number of carbonyl (C=O) groups excluding carboxylic acids is 1. The molecule has 0 unspecified atom stereocenters. The summed E-state index contributed by atoms with van der Waals surface area (Å²) in [6.45, 7) is 2.31. The lowest BCUT2D eigenvalue weighted by Gasteiger charge is -2.11. The normalized spacial score (nSPS) is 10.2. The number of amides is 1. The Morgan fingerprint density at radius 1 is 1.29 bits per heavy atom. The molecule has 1 amide bonds. The monoisotopic (exact) mass is 348 g/mol. The molecule has 0 heterocycles. The van der Waals surface area contributed by atoms with Gasteiger partial charge in [0.25, 0.3) is 5.91 Å². The molecule has 0 bridgehead atoms. The molecule has 0 radical (unpaired) electrons. The van der Waals surface area contributed by atoms with Gasteiger partial charge >= 0.3 is 0 Å². The highest BCUT2D eigenvalue weighted by molar-refractivity contribution is 9.10. The Labute approximate surface area is 132 Å². The van der Waals surface area contributed by atoms with Gasteiger partial charge in [-0.1, -0.05) is 15.9 Å². The first-order chi connectivity index (χ1) is 9.99. The van der Waals surface area contributed by atoms with Crippen LogP contribution in [-0.4, -0.2) is 13.0 Å². The van der Waals surface area contributed by atoms with Crippen molar-refractivity contribution in [3.63, 3.8) is 0 Å². The smallest absolute Gasteiger partial charge is 0.251 e. The summed E-state index contributed by atoms with van der Waals surface area (Å²) >= 11 is 3.39. The van der Waals surface area contributed by atoms with Gasteiger partial charge in [0, 0.05) is 27.8 Å². The van der Waals surface area contributed by atoms with E-state index in [1.165, 1.54) is 0 Å². The van der Waals surface area contributed by atoms with E-state index in [9.17, 15) is 4.79 Å². The first-order valence-corrected chi connectivity index (χ1v) is 7.26. The van der Waals surface area contributed by atoms with Gasteiger partial charge in [0.1, 0.15) is 5.75 Å². The molecule has 3 N–H and O–H groups in total. The lowest BCUT2D eigenvalue weighted by Crippen LogP contribution is -2.23. The summed E-state index contributed by atoms with van der Waals surface area (Å²) in [6, 6.07) is 10.9. The van der Waals surface area contributed by atoms with Gasteiger partial charge < -0.3 is 15.8 Å². The first kappa shape index (κ1) is 15.4. The fraction of sp³-hybridized carbons (Fsp3) is 0.188. The molecule has 0 saturated heterocycles. The number of benzene rings is 2. The Kier molecular flexibility index (Phi) is 4.85. The fourth-order valence-electron chi connectivity index (χ4n) is 2.08. The van der Waals surface area contributed by atoms with Crippen molar-refractivity contribution < 1.29 is 9.53 Å². The van der Waals surface area contributed by atoms with Crippen LogP contribution in [0.3, 0.4) is 0 Å². The van der Waals surface area contributed by atoms with E-state index >= 15 is 0 Å². The standard InChI is InChI=1S/C16H17BrN2O2/c1-10-5-11(7-13(17)6-10)16(20)19-9-12-8-14(18)3-4-15(12)21-2/h3-8H,9,18H2,1-2H3,(H,19,20). The molecule has 0 aliphatic heterocycles. The molecule has 0 aromatic heterocycles. The van der Waals surface area contributed by atoms with E-state index in [0.717, 1.165) is 15.6 Å². The zero-order chi connectivity index (χ0) is 15.4. The second-order valence-corrected chi connectivity index (χ2v) is 5.69. The summed E-state index contributed by atoms with van der Waals surface area (Å²) in [4.78, 5) is 12.2. The molecule has 0 saturated carbocycles. The van der Waals surface area contributed by atoms with E-state index in [1.54, 1.807) is 31.4 Å². The molecule has 110 valence electrons. The SMILES string of the molecule is COc1ccc(N)cc1CNC(=O)c1cc(C)cc(Br)c1. The molecule has 2 aromatic rings. The van der Waals surface area contributed by atoms with Crippen molar-refractivity contribution in [2.24, 2.45) is 0 Å². The Morgan fingerprint density at radius 2 is 2.05 bits per heavy atom. The zero-order valence-electron chi connectivity index (χ0n) is 11.9. The number of methoxy groups -OCH3 is 1. The highest BCUT2D eigenvalue weighted by atomic mass is 79.9. The van der Waals surface area contributed by atoms with Crippen molar-refractivity contribution >= 4 is 27.5 Å². The minimum Gasteiger partial charge on any atom is -0.496 e. The van der Waals surface area contributed by atoms with Crippen LogP contribution in [0, 0.1) is 6.92 Å². The third kappa shape index (κ3) is 3.98. The number of rotatable bonds is 4. The topological polar surface area (TPSA) is 64.3 Å². The van der Waals surface area contributed by atoms with E-state index in [-0.39, 0.29) is 5.91 Å². The maximum Gasteiger partial charge on any atom is 0.251 e. The van der Waals surface area contributed by atoms with Crippen LogP contribution in [0.15, 0.2) is 40.9 Å². The minimum absolute atomic E-state index is 0.135. The number of carbonyl (C=O) groups is 1. The van der Waals surface area contributed by atoms with Crippen LogP contribution in [0.5, 0.6) is 5.75 Å². The molecule has 0 atom stereocenters. The summed E-state index contributed by atoms with van der Waals surface area (Å²) in [5.41, 5.74) is 8.89. The number of nitrogen functional groups attached to an aromatic ring is 1. The number of nitrogens with one attached hydrogen (secondary N) is 1. The summed E-state index contributed by atoms with van der Waals surface area (Å²) < 4.78 is 6.15. The van der Waals surface area contributed by atoms with Gasteiger partial charge in [-0.2, -0.15) is 0 Å². The Bertz CT molecular complexity index is 651. The zero-order valence-corrected chi connectivity index (χ0v) is 13.5. The molecular weight excluding hydrogens is 332 g/mol. The van der Waals surface area contributed by atoms with Crippen molar-refractivity contribution in [3.05, 3.63) is 57.6 Å². The van der Waals surface area contributed by atoms with E-state index in [1.807, 2.05) is 19.1 Å². The van der Waals surface area contributed by atoms with Crippen molar-refractivity contribution in [1.29, 1.82) is 0 Å². The minimum atomic E-state index is -0.135. The van der Waals surface area contributed by atoms with Crippen LogP contribution in [0.25, 0.3) is 0 Å². The number of nitrogens with two attached hydrogens (primary N) is 1. The summed E-state index contributed by atoms with van der Waals surface area (Å²) in [5, 5.41) is 2.88. The predicted octanol–water partition coefficient (Wildman–Crippen LogP) is 3.28. The van der Waals surface area contributed by atoms with E-state index < -0.39 is 0 Å². The van der Waals surface area contributed by atoms with Gasteiger partial charge in [-0.3, -0.25) is 4.79 Å². The highest BCUT2D eigenvalue weighted by Gasteiger charge is 2.09. The maximum absolute atomic E-state index is 12.2. The molecule has 0 fully saturated rings. The average molecular weight is 349 g/mol. The van der Waals surface area contributed by atoms with Crippen LogP contribution < -0.4 is 15.8 Å². The second-order valence-electron chi connectivity index (χ2n) is 4.77. The summed E-state index contributed by atoms with van der Waals surface area (Å²) in [6.07, 6.45) is 0. The van der Waals surface area contributed by atoms with E-state index in [0.29, 0.717) is 23.5 Å². The lowest BCUT2D eigenvalue weighted by atomic mass is 10.1. The number of hydrogen-bond acceptors (Lipinski definition) is 3. The largest absolute Gasteiger partial charge is 0.496 e. The lowest BCUT2D eigenvalue weighted by molar-refractivity contribution is 0.0950. The van der Waals surface area contributed by atoms with Crippen molar-refractivity contribution in [3.8, 4) is 5.75 Å². The second kappa shape index (κ2) is 6.63. The van der Waals surface area contributed by atoms with Gasteiger partial charge in [-0.15, -0.1) is 0 Å². The van der Waals surface area contributed by atoms with Crippen molar-refractivity contribution in [2.45, 2.75) is 13.5 Å². The molecule has 21 heavy (non-hydrogen) atoms. The number of aryl methyl sites for hydroxylation is 1. The third-order valence-corrected chi connectivity index (χ3v) is 3.51. The quantitative estimate of drug-likeness (QED) is 0.833. The van der Waals surface area contributed by atoms with Gasteiger partial charge in [0.05, 0.1) is 7.11 Å². The van der Waals surface area contributed by atoms with E-state index in [4.69, 9.17) is 10.5 Å². The molecule has 4 nitrogen and oxygen atoms in total. The predicted molar refractivity (Wildman–Crippen MR) is 87.5 cm³/mol. The summed E-state index contributed by atoms with van der Waals surface area (Å²) in [5.74, 6) is 0.568. The van der Waals surface area contributed by atoms with Crippen LogP contribution >= 0.6 is 15.9 Å². The summed E-state index contributed by atoms with van der Waals surface area (Å²) in [7, 11) is 1.59. The average Bonchev–Trinajstić information content (AvgIpc) is 2.43. The molecule has 0 aliphatic carbocycles. The Balaban J connectivity index is 2.12. The number of hydrogen-bond donors (Lipinski definition) is 2. The Morgan fingerprint density at radius 3 is 2.71 bits per heavy atom. The van der Waals surface area contributed by atoms with Crippen LogP contribution in [0.4, 0.5) is 5.69 Å². The number of ether oxygens (including phenoxy) is 1. The fourth-order valence-corrected chi connectivity index (χ4v) is 2.69. The van der Waals surface area contributed by atoms with Crippen molar-refractivity contribution in [2.75, 3.05) is 12.8 Å². The first-order valence-electron chi connectivity index (χ1n) is 6.47. The third-order valence-electron chi connectivity index (χ3n) is 3.05. The molecular formula is C16H17BrN2O2. The van der Waals surface area contributed by atoms with Crippen LogP contribution in [0.1, 0.15) is 21.5 Å². The number of anilines is 1. The maximum atomic E-state index is 12.2. The number of halogens is 1. The Hall–Kier alpha value is -2.01. The van der Waals surface area contributed by atoms with Crippen molar-refractivity contribution in [1.82, 2.24) is 5.32 Å². The molecule has 5 heteroatoms. The van der Waals surface area contributed by atoms with Crippen LogP contribution in [-0.2, 0) is 6.54 Å². The van der Waals surface area contributed by atoms with Gasteiger partial charge in [-0.05, 0) is 48.9 Å². The molecule has 2 rings (SSSR count). The van der Waals surface area contributed by atoms with Gasteiger partial charge in [0.15, 0.2) is 0 Å². The molecule has 0 aliphatic rings. The van der Waals surface area contributed by atoms with Gasteiger partial charge in [0.2, 0.25) is 0 Å². The molecule has 2 aromatic carbocycles. The van der Waals surface area contributed by atoms with Crippen LogP contribution in [0.2, 0.25) is 0 Å². The highest BCUT2D eigenvalue weighted by Crippen LogP contribution is 2.21. The van der Waals surface area contributed by atoms with E-state index in [2.05, 4.69) is 21.2 Å². The van der Waals surface area contributed by atoms with Gasteiger partial charge in [-0.25, -0.2) is 0 Å².